The van der Waals surface area contributed by atoms with Gasteiger partial charge in [0.1, 0.15) is 0 Å². The van der Waals surface area contributed by atoms with Gasteiger partial charge in [-0.3, -0.25) is 0 Å². The van der Waals surface area contributed by atoms with Crippen molar-refractivity contribution in [3.8, 4) is 0 Å². The molecule has 82 valence electrons. The fraction of sp³-hybridized carbons (Fsp3) is 0.500. The summed E-state index contributed by atoms with van der Waals surface area (Å²) in [6.07, 6.45) is 2.65. The van der Waals surface area contributed by atoms with Gasteiger partial charge in [-0.1, -0.05) is 15.9 Å². The van der Waals surface area contributed by atoms with Crippen molar-refractivity contribution >= 4 is 33.4 Å². The molecule has 1 aromatic carbocycles. The molecule has 1 aliphatic rings. The van der Waals surface area contributed by atoms with Crippen molar-refractivity contribution < 1.29 is 0 Å². The van der Waals surface area contributed by atoms with E-state index in [4.69, 9.17) is 0 Å². The van der Waals surface area contributed by atoms with Crippen LogP contribution in [-0.4, -0.2) is 17.5 Å². The van der Waals surface area contributed by atoms with Crippen LogP contribution in [0.1, 0.15) is 18.4 Å². The standard InChI is InChI=1S/C12H16BrNS/c1-9-7-10(13)4-5-12(9)14-11-3-2-6-15-8-11/h4-5,7,11,14H,2-3,6,8H2,1H3. The highest BCUT2D eigenvalue weighted by Crippen LogP contribution is 2.24. The van der Waals surface area contributed by atoms with Gasteiger partial charge in [-0.15, -0.1) is 0 Å². The van der Waals surface area contributed by atoms with Crippen molar-refractivity contribution in [2.75, 3.05) is 16.8 Å². The van der Waals surface area contributed by atoms with Crippen LogP contribution in [0.4, 0.5) is 5.69 Å². The average molecular weight is 286 g/mol. The first-order valence-electron chi connectivity index (χ1n) is 5.36. The van der Waals surface area contributed by atoms with Gasteiger partial charge in [0.15, 0.2) is 0 Å². The van der Waals surface area contributed by atoms with E-state index in [2.05, 4.69) is 58.1 Å². The van der Waals surface area contributed by atoms with E-state index in [1.807, 2.05) is 0 Å². The van der Waals surface area contributed by atoms with Crippen molar-refractivity contribution in [3.05, 3.63) is 28.2 Å². The molecule has 0 aliphatic carbocycles. The summed E-state index contributed by atoms with van der Waals surface area (Å²) in [5.41, 5.74) is 2.60. The van der Waals surface area contributed by atoms with Gasteiger partial charge >= 0.3 is 0 Å². The van der Waals surface area contributed by atoms with Crippen LogP contribution in [0, 0.1) is 6.92 Å². The molecule has 0 amide bonds. The molecular weight excluding hydrogens is 270 g/mol. The predicted molar refractivity (Wildman–Crippen MR) is 72.8 cm³/mol. The van der Waals surface area contributed by atoms with Gasteiger partial charge in [0.25, 0.3) is 0 Å². The van der Waals surface area contributed by atoms with E-state index in [1.165, 1.54) is 35.6 Å². The predicted octanol–water partition coefficient (Wildman–Crippen LogP) is 4.07. The second-order valence-corrected chi connectivity index (χ2v) is 6.08. The maximum Gasteiger partial charge on any atom is 0.0373 e. The zero-order chi connectivity index (χ0) is 10.7. The van der Waals surface area contributed by atoms with E-state index >= 15 is 0 Å². The van der Waals surface area contributed by atoms with Crippen LogP contribution in [0.15, 0.2) is 22.7 Å². The summed E-state index contributed by atoms with van der Waals surface area (Å²) >= 11 is 5.55. The van der Waals surface area contributed by atoms with E-state index in [0.29, 0.717) is 6.04 Å². The first kappa shape index (κ1) is 11.3. The minimum Gasteiger partial charge on any atom is -0.381 e. The number of anilines is 1. The Morgan fingerprint density at radius 1 is 1.47 bits per heavy atom. The van der Waals surface area contributed by atoms with Gasteiger partial charge in [0.2, 0.25) is 0 Å². The number of thioether (sulfide) groups is 1. The number of hydrogen-bond donors (Lipinski definition) is 1. The number of nitrogens with one attached hydrogen (secondary N) is 1. The number of halogens is 1. The summed E-state index contributed by atoms with van der Waals surface area (Å²) in [6.45, 7) is 2.16. The fourth-order valence-corrected chi connectivity index (χ4v) is 3.41. The first-order chi connectivity index (χ1) is 7.25. The molecule has 0 bridgehead atoms. The molecule has 1 N–H and O–H groups in total. The van der Waals surface area contributed by atoms with Gasteiger partial charge in [-0.2, -0.15) is 11.8 Å². The van der Waals surface area contributed by atoms with Gasteiger partial charge in [-0.25, -0.2) is 0 Å². The van der Waals surface area contributed by atoms with Crippen LogP contribution in [0.2, 0.25) is 0 Å². The quantitative estimate of drug-likeness (QED) is 0.879. The minimum absolute atomic E-state index is 0.656. The molecule has 1 aliphatic heterocycles. The molecule has 1 atom stereocenters. The maximum absolute atomic E-state index is 3.63. The normalized spacial score (nSPS) is 21.3. The minimum atomic E-state index is 0.656. The Bertz CT molecular complexity index is 334. The van der Waals surface area contributed by atoms with Crippen LogP contribution in [-0.2, 0) is 0 Å². The monoisotopic (exact) mass is 285 g/mol. The number of aryl methyl sites for hydroxylation is 1. The Kier molecular flexibility index (Phi) is 3.98. The molecule has 0 aromatic heterocycles. The van der Waals surface area contributed by atoms with Crippen LogP contribution in [0.3, 0.4) is 0 Å². The van der Waals surface area contributed by atoms with Crippen LogP contribution >= 0.6 is 27.7 Å². The summed E-state index contributed by atoms with van der Waals surface area (Å²) in [5.74, 6) is 2.58. The molecule has 15 heavy (non-hydrogen) atoms. The number of benzene rings is 1. The molecule has 1 heterocycles. The Hall–Kier alpha value is -0.150. The maximum atomic E-state index is 3.63. The van der Waals surface area contributed by atoms with E-state index in [9.17, 15) is 0 Å². The molecular formula is C12H16BrNS. The summed E-state index contributed by atoms with van der Waals surface area (Å²) in [4.78, 5) is 0. The fourth-order valence-electron chi connectivity index (χ4n) is 1.86. The SMILES string of the molecule is Cc1cc(Br)ccc1NC1CCCSC1. The Labute approximate surface area is 104 Å². The summed E-state index contributed by atoms with van der Waals surface area (Å²) in [6, 6.07) is 7.09. The van der Waals surface area contributed by atoms with Gasteiger partial charge in [0.05, 0.1) is 0 Å². The van der Waals surface area contributed by atoms with Crippen LogP contribution < -0.4 is 5.32 Å². The van der Waals surface area contributed by atoms with Gasteiger partial charge in [0, 0.05) is 22.0 Å². The number of rotatable bonds is 2. The second-order valence-electron chi connectivity index (χ2n) is 4.02. The molecule has 1 aromatic rings. The van der Waals surface area contributed by atoms with E-state index in [-0.39, 0.29) is 0 Å². The first-order valence-corrected chi connectivity index (χ1v) is 7.31. The third-order valence-electron chi connectivity index (χ3n) is 2.71. The Morgan fingerprint density at radius 2 is 2.33 bits per heavy atom. The van der Waals surface area contributed by atoms with Crippen molar-refractivity contribution in [2.45, 2.75) is 25.8 Å². The van der Waals surface area contributed by atoms with Gasteiger partial charge in [-0.05, 0) is 49.3 Å². The molecule has 0 saturated carbocycles. The largest absolute Gasteiger partial charge is 0.381 e. The molecule has 1 unspecified atom stereocenters. The molecule has 1 fully saturated rings. The molecule has 0 radical (unpaired) electrons. The summed E-state index contributed by atoms with van der Waals surface area (Å²) in [7, 11) is 0. The smallest absolute Gasteiger partial charge is 0.0373 e. The van der Waals surface area contributed by atoms with Crippen LogP contribution in [0.5, 0.6) is 0 Å². The van der Waals surface area contributed by atoms with E-state index < -0.39 is 0 Å². The Balaban J connectivity index is 2.03. The Morgan fingerprint density at radius 3 is 3.00 bits per heavy atom. The average Bonchev–Trinajstić information content (AvgIpc) is 2.24. The second kappa shape index (κ2) is 5.26. The van der Waals surface area contributed by atoms with Gasteiger partial charge < -0.3 is 5.32 Å². The molecule has 2 rings (SSSR count). The molecule has 1 nitrogen and oxygen atoms in total. The van der Waals surface area contributed by atoms with Crippen molar-refractivity contribution in [1.82, 2.24) is 0 Å². The topological polar surface area (TPSA) is 12.0 Å². The third-order valence-corrected chi connectivity index (χ3v) is 4.42. The van der Waals surface area contributed by atoms with E-state index in [1.54, 1.807) is 0 Å². The van der Waals surface area contributed by atoms with Crippen LogP contribution in [0.25, 0.3) is 0 Å². The zero-order valence-corrected chi connectivity index (χ0v) is 11.3. The zero-order valence-electron chi connectivity index (χ0n) is 8.92. The summed E-state index contributed by atoms with van der Waals surface area (Å²) in [5, 5.41) is 3.63. The van der Waals surface area contributed by atoms with E-state index in [0.717, 1.165) is 4.47 Å². The lowest BCUT2D eigenvalue weighted by atomic mass is 10.1. The third kappa shape index (κ3) is 3.15. The number of hydrogen-bond acceptors (Lipinski definition) is 2. The highest BCUT2D eigenvalue weighted by Gasteiger charge is 2.13. The lowest BCUT2D eigenvalue weighted by Gasteiger charge is -2.24. The van der Waals surface area contributed by atoms with Crippen molar-refractivity contribution in [3.63, 3.8) is 0 Å². The summed E-state index contributed by atoms with van der Waals surface area (Å²) < 4.78 is 1.16. The highest BCUT2D eigenvalue weighted by molar-refractivity contribution is 9.10. The molecule has 1 saturated heterocycles. The van der Waals surface area contributed by atoms with Crippen molar-refractivity contribution in [2.24, 2.45) is 0 Å². The lowest BCUT2D eigenvalue weighted by molar-refractivity contribution is 0.684. The van der Waals surface area contributed by atoms with Crippen molar-refractivity contribution in [1.29, 1.82) is 0 Å². The molecule has 0 spiro atoms. The molecule has 3 heteroatoms. The lowest BCUT2D eigenvalue weighted by Crippen LogP contribution is -2.26. The highest BCUT2D eigenvalue weighted by atomic mass is 79.9.